The highest BCUT2D eigenvalue weighted by atomic mass is 15.0. The van der Waals surface area contributed by atoms with E-state index in [1.54, 1.807) is 0 Å². The summed E-state index contributed by atoms with van der Waals surface area (Å²) in [6.45, 7) is 12.2. The van der Waals surface area contributed by atoms with Gasteiger partial charge in [-0.05, 0) is 37.1 Å². The summed E-state index contributed by atoms with van der Waals surface area (Å²) in [5.41, 5.74) is 4.92. The molecule has 0 atom stereocenters. The maximum Gasteiger partial charge on any atom is 0.0955 e. The standard InChI is InChI=1S/C10H12N2.2C2H6/c1-7-4-9-10(5-8(7)2)12(3)6-11-9;2*1-2/h4-6H,1-3H3;2*1-2H3. The van der Waals surface area contributed by atoms with Crippen molar-refractivity contribution in [2.75, 3.05) is 0 Å². The lowest BCUT2D eigenvalue weighted by molar-refractivity contribution is 0.947. The second kappa shape index (κ2) is 7.04. The lowest BCUT2D eigenvalue weighted by atomic mass is 10.1. The van der Waals surface area contributed by atoms with Gasteiger partial charge in [-0.1, -0.05) is 27.7 Å². The number of nitrogens with zero attached hydrogens (tertiary/aromatic N) is 2. The Balaban J connectivity index is 0.000000509. The molecule has 16 heavy (non-hydrogen) atoms. The van der Waals surface area contributed by atoms with Crippen LogP contribution < -0.4 is 0 Å². The average Bonchev–Trinajstić information content (AvgIpc) is 2.67. The second-order valence-electron chi connectivity index (χ2n) is 3.28. The summed E-state index contributed by atoms with van der Waals surface area (Å²) in [6, 6.07) is 4.31. The number of imidazole rings is 1. The molecule has 2 nitrogen and oxygen atoms in total. The summed E-state index contributed by atoms with van der Waals surface area (Å²) < 4.78 is 2.04. The molecule has 1 aromatic heterocycles. The van der Waals surface area contributed by atoms with Crippen LogP contribution in [0.15, 0.2) is 18.5 Å². The third-order valence-electron chi connectivity index (χ3n) is 2.34. The van der Waals surface area contributed by atoms with Gasteiger partial charge in [0.25, 0.3) is 0 Å². The molecule has 0 bridgehead atoms. The molecular weight excluding hydrogens is 196 g/mol. The zero-order chi connectivity index (χ0) is 12.7. The highest BCUT2D eigenvalue weighted by Gasteiger charge is 2.01. The Bertz CT molecular complexity index is 427. The van der Waals surface area contributed by atoms with Crippen molar-refractivity contribution in [1.29, 1.82) is 0 Å². The Morgan fingerprint density at radius 2 is 1.44 bits per heavy atom. The van der Waals surface area contributed by atoms with Crippen molar-refractivity contribution in [3.63, 3.8) is 0 Å². The lowest BCUT2D eigenvalue weighted by Crippen LogP contribution is -1.86. The van der Waals surface area contributed by atoms with E-state index in [9.17, 15) is 0 Å². The summed E-state index contributed by atoms with van der Waals surface area (Å²) in [4.78, 5) is 4.28. The first kappa shape index (κ1) is 14.7. The maximum absolute atomic E-state index is 4.28. The van der Waals surface area contributed by atoms with Crippen LogP contribution in [0.2, 0.25) is 0 Å². The summed E-state index contributed by atoms with van der Waals surface area (Å²) in [5.74, 6) is 0. The molecule has 2 aromatic rings. The minimum atomic E-state index is 1.08. The van der Waals surface area contributed by atoms with E-state index in [0.29, 0.717) is 0 Å². The molecule has 0 unspecified atom stereocenters. The van der Waals surface area contributed by atoms with Crippen LogP contribution in [0.4, 0.5) is 0 Å². The van der Waals surface area contributed by atoms with Gasteiger partial charge in [-0.3, -0.25) is 0 Å². The molecule has 0 N–H and O–H groups in total. The normalized spacial score (nSPS) is 8.94. The summed E-state index contributed by atoms with van der Waals surface area (Å²) in [5, 5.41) is 0. The van der Waals surface area contributed by atoms with Gasteiger partial charge in [0.05, 0.1) is 17.4 Å². The van der Waals surface area contributed by atoms with Crippen LogP contribution in [0.25, 0.3) is 11.0 Å². The Labute approximate surface area is 99.3 Å². The van der Waals surface area contributed by atoms with Gasteiger partial charge in [-0.2, -0.15) is 0 Å². The predicted octanol–water partition coefficient (Wildman–Crippen LogP) is 4.24. The third-order valence-corrected chi connectivity index (χ3v) is 2.34. The molecule has 90 valence electrons. The molecule has 0 spiro atoms. The van der Waals surface area contributed by atoms with Gasteiger partial charge in [-0.25, -0.2) is 4.98 Å². The zero-order valence-corrected chi connectivity index (χ0v) is 11.6. The fraction of sp³-hybridized carbons (Fsp3) is 0.500. The van der Waals surface area contributed by atoms with Crippen molar-refractivity contribution in [3.8, 4) is 0 Å². The molecule has 0 saturated carbocycles. The highest BCUT2D eigenvalue weighted by Crippen LogP contribution is 2.16. The van der Waals surface area contributed by atoms with Crippen LogP contribution >= 0.6 is 0 Å². The first-order chi connectivity index (χ1) is 7.68. The van der Waals surface area contributed by atoms with E-state index >= 15 is 0 Å². The summed E-state index contributed by atoms with van der Waals surface area (Å²) in [7, 11) is 2.02. The van der Waals surface area contributed by atoms with Gasteiger partial charge in [0.2, 0.25) is 0 Å². The van der Waals surface area contributed by atoms with Crippen LogP contribution in [0.3, 0.4) is 0 Å². The van der Waals surface area contributed by atoms with E-state index in [0.717, 1.165) is 5.52 Å². The molecule has 0 aliphatic carbocycles. The van der Waals surface area contributed by atoms with Crippen LogP contribution in [0.1, 0.15) is 38.8 Å². The number of rotatable bonds is 0. The molecular formula is C14H24N2. The predicted molar refractivity (Wildman–Crippen MR) is 72.9 cm³/mol. The Morgan fingerprint density at radius 3 is 2.00 bits per heavy atom. The fourth-order valence-electron chi connectivity index (χ4n) is 1.38. The van der Waals surface area contributed by atoms with Gasteiger partial charge >= 0.3 is 0 Å². The number of aryl methyl sites for hydroxylation is 3. The molecule has 0 aliphatic rings. The second-order valence-corrected chi connectivity index (χ2v) is 3.28. The highest BCUT2D eigenvalue weighted by molar-refractivity contribution is 5.77. The molecule has 0 saturated heterocycles. The maximum atomic E-state index is 4.28. The van der Waals surface area contributed by atoms with Crippen LogP contribution in [0, 0.1) is 13.8 Å². The number of aromatic nitrogens is 2. The third kappa shape index (κ3) is 3.09. The fourth-order valence-corrected chi connectivity index (χ4v) is 1.38. The molecule has 0 amide bonds. The van der Waals surface area contributed by atoms with E-state index in [1.165, 1.54) is 16.6 Å². The summed E-state index contributed by atoms with van der Waals surface area (Å²) >= 11 is 0. The molecule has 1 heterocycles. The number of benzene rings is 1. The first-order valence-electron chi connectivity index (χ1n) is 6.07. The van der Waals surface area contributed by atoms with Gasteiger partial charge in [0.1, 0.15) is 0 Å². The van der Waals surface area contributed by atoms with E-state index in [-0.39, 0.29) is 0 Å². The van der Waals surface area contributed by atoms with Crippen molar-refractivity contribution in [2.24, 2.45) is 7.05 Å². The lowest BCUT2D eigenvalue weighted by Gasteiger charge is -2.00. The largest absolute Gasteiger partial charge is 0.334 e. The Hall–Kier alpha value is -1.31. The zero-order valence-electron chi connectivity index (χ0n) is 11.6. The number of hydrogen-bond acceptors (Lipinski definition) is 1. The minimum absolute atomic E-state index is 1.08. The topological polar surface area (TPSA) is 17.8 Å². The van der Waals surface area contributed by atoms with Crippen molar-refractivity contribution in [2.45, 2.75) is 41.5 Å². The average molecular weight is 220 g/mol. The monoisotopic (exact) mass is 220 g/mol. The van der Waals surface area contributed by atoms with Crippen molar-refractivity contribution < 1.29 is 0 Å². The molecule has 2 rings (SSSR count). The van der Waals surface area contributed by atoms with Crippen LogP contribution in [-0.4, -0.2) is 9.55 Å². The minimum Gasteiger partial charge on any atom is -0.334 e. The SMILES string of the molecule is CC.CC.Cc1cc2ncn(C)c2cc1C. The van der Waals surface area contributed by atoms with E-state index < -0.39 is 0 Å². The number of fused-ring (bicyclic) bond motifs is 1. The summed E-state index contributed by atoms with van der Waals surface area (Å²) in [6.07, 6.45) is 1.85. The molecule has 1 aromatic carbocycles. The molecule has 0 fully saturated rings. The first-order valence-corrected chi connectivity index (χ1v) is 6.07. The molecule has 2 heteroatoms. The number of hydrogen-bond donors (Lipinski definition) is 0. The smallest absolute Gasteiger partial charge is 0.0955 e. The van der Waals surface area contributed by atoms with Crippen molar-refractivity contribution in [1.82, 2.24) is 9.55 Å². The Kier molecular flexibility index (Phi) is 6.47. The van der Waals surface area contributed by atoms with Gasteiger partial charge in [0, 0.05) is 7.05 Å². The van der Waals surface area contributed by atoms with Crippen LogP contribution in [-0.2, 0) is 7.05 Å². The van der Waals surface area contributed by atoms with Crippen molar-refractivity contribution in [3.05, 3.63) is 29.6 Å². The van der Waals surface area contributed by atoms with Gasteiger partial charge in [-0.15, -0.1) is 0 Å². The van der Waals surface area contributed by atoms with E-state index in [1.807, 2.05) is 45.6 Å². The molecule has 0 radical (unpaired) electrons. The van der Waals surface area contributed by atoms with Crippen LogP contribution in [0.5, 0.6) is 0 Å². The van der Waals surface area contributed by atoms with E-state index in [2.05, 4.69) is 31.0 Å². The van der Waals surface area contributed by atoms with E-state index in [4.69, 9.17) is 0 Å². The van der Waals surface area contributed by atoms with Gasteiger partial charge < -0.3 is 4.57 Å². The van der Waals surface area contributed by atoms with Crippen molar-refractivity contribution >= 4 is 11.0 Å². The Morgan fingerprint density at radius 1 is 0.938 bits per heavy atom. The van der Waals surface area contributed by atoms with Gasteiger partial charge in [0.15, 0.2) is 0 Å². The quantitative estimate of drug-likeness (QED) is 0.649. The molecule has 0 aliphatic heterocycles.